The van der Waals surface area contributed by atoms with E-state index in [0.29, 0.717) is 11.5 Å². The highest BCUT2D eigenvalue weighted by Gasteiger charge is 2.36. The van der Waals surface area contributed by atoms with E-state index in [0.717, 1.165) is 49.8 Å². The van der Waals surface area contributed by atoms with Gasteiger partial charge in [0, 0.05) is 50.9 Å². The number of hydrogen-bond acceptors (Lipinski definition) is 6. The van der Waals surface area contributed by atoms with Crippen LogP contribution in [-0.4, -0.2) is 66.5 Å². The summed E-state index contributed by atoms with van der Waals surface area (Å²) in [7, 11) is 0. The van der Waals surface area contributed by atoms with Crippen LogP contribution in [-0.2, 0) is 4.74 Å². The van der Waals surface area contributed by atoms with Gasteiger partial charge in [-0.25, -0.2) is 4.98 Å². The third-order valence-electron chi connectivity index (χ3n) is 5.54. The van der Waals surface area contributed by atoms with Gasteiger partial charge in [-0.05, 0) is 45.2 Å². The van der Waals surface area contributed by atoms with Crippen molar-refractivity contribution in [3.63, 3.8) is 0 Å². The van der Waals surface area contributed by atoms with Crippen LogP contribution >= 0.6 is 0 Å². The molecule has 1 N–H and O–H groups in total. The van der Waals surface area contributed by atoms with Crippen LogP contribution in [0.4, 0.5) is 5.82 Å². The lowest BCUT2D eigenvalue weighted by molar-refractivity contribution is -0.0725. The number of nitrogens with zero attached hydrogens (tertiary/aromatic N) is 4. The van der Waals surface area contributed by atoms with Crippen molar-refractivity contribution in [2.75, 3.05) is 44.2 Å². The minimum absolute atomic E-state index is 0.170. The van der Waals surface area contributed by atoms with Gasteiger partial charge in [-0.2, -0.15) is 5.26 Å². The molecule has 2 saturated heterocycles. The van der Waals surface area contributed by atoms with Crippen LogP contribution in [0.1, 0.15) is 30.7 Å². The Morgan fingerprint density at radius 1 is 1.19 bits per heavy atom. The van der Waals surface area contributed by atoms with E-state index < -0.39 is 0 Å². The number of pyridine rings is 1. The van der Waals surface area contributed by atoms with Crippen LogP contribution in [0.5, 0.6) is 0 Å². The van der Waals surface area contributed by atoms with Gasteiger partial charge in [-0.15, -0.1) is 0 Å². The summed E-state index contributed by atoms with van der Waals surface area (Å²) in [6.07, 6.45) is 0.491. The molecule has 2 aliphatic rings. The van der Waals surface area contributed by atoms with Gasteiger partial charge in [0.25, 0.3) is 0 Å². The van der Waals surface area contributed by atoms with Gasteiger partial charge >= 0.3 is 0 Å². The lowest BCUT2D eigenvalue weighted by Gasteiger charge is -2.37. The van der Waals surface area contributed by atoms with Gasteiger partial charge < -0.3 is 14.7 Å². The normalized spacial score (nSPS) is 29.8. The second-order valence-electron chi connectivity index (χ2n) is 7.97. The fourth-order valence-corrected chi connectivity index (χ4v) is 4.47. The van der Waals surface area contributed by atoms with Crippen LogP contribution in [0.2, 0.25) is 0 Å². The molecule has 2 aliphatic heterocycles. The maximum absolute atomic E-state index is 9.91. The van der Waals surface area contributed by atoms with E-state index in [1.165, 1.54) is 0 Å². The minimum atomic E-state index is 0.170. The molecule has 6 heteroatoms. The Morgan fingerprint density at radius 2 is 1.85 bits per heavy atom. The molecule has 0 saturated carbocycles. The number of ether oxygens (including phenoxy) is 1. The molecule has 0 spiro atoms. The highest BCUT2D eigenvalue weighted by atomic mass is 16.5. The highest BCUT2D eigenvalue weighted by molar-refractivity contribution is 5.58. The van der Waals surface area contributed by atoms with E-state index in [-0.39, 0.29) is 24.7 Å². The zero-order valence-electron chi connectivity index (χ0n) is 16.3. The average Bonchev–Trinajstić information content (AvgIpc) is 2.96. The molecule has 0 amide bonds. The molecule has 0 radical (unpaired) electrons. The van der Waals surface area contributed by atoms with Gasteiger partial charge in [-0.3, -0.25) is 4.90 Å². The molecule has 0 aliphatic carbocycles. The van der Waals surface area contributed by atoms with E-state index in [2.05, 4.69) is 34.7 Å². The van der Waals surface area contributed by atoms with E-state index in [9.17, 15) is 10.4 Å². The number of aliphatic hydroxyl groups is 1. The van der Waals surface area contributed by atoms with E-state index in [4.69, 9.17) is 4.74 Å². The van der Waals surface area contributed by atoms with Gasteiger partial charge in [-0.1, -0.05) is 0 Å². The summed E-state index contributed by atoms with van der Waals surface area (Å²) in [4.78, 5) is 9.30. The van der Waals surface area contributed by atoms with Gasteiger partial charge in [0.1, 0.15) is 11.9 Å². The van der Waals surface area contributed by atoms with Crippen molar-refractivity contribution < 1.29 is 9.84 Å². The summed E-state index contributed by atoms with van der Waals surface area (Å²) in [5.41, 5.74) is 2.55. The fraction of sp³-hybridized carbons (Fsp3) is 0.700. The van der Waals surface area contributed by atoms with Crippen molar-refractivity contribution in [1.29, 1.82) is 5.26 Å². The SMILES string of the molecule is Cc1cc(C)c(C#N)c(N2C[C@@H](CN3C[C@@H](C)O[C@@H](C)C3)[C@@H](CO)C2)n1. The largest absolute Gasteiger partial charge is 0.396 e. The molecule has 6 nitrogen and oxygen atoms in total. The standard InChI is InChI=1S/C20H30N4O2/c1-13-5-14(2)22-20(19(13)6-21)24-10-17(18(11-24)12-25)9-23-7-15(3)26-16(4)8-23/h5,15-18,25H,7-12H2,1-4H3/t15-,16+,17-,18-/m1/s1. The Hall–Kier alpha value is -1.68. The Balaban J connectivity index is 1.76. The quantitative estimate of drug-likeness (QED) is 0.884. The number of aliphatic hydroxyl groups excluding tert-OH is 1. The molecular formula is C20H30N4O2. The first-order chi connectivity index (χ1) is 12.4. The van der Waals surface area contributed by atoms with Gasteiger partial charge in [0.15, 0.2) is 0 Å². The van der Waals surface area contributed by atoms with Crippen molar-refractivity contribution in [2.24, 2.45) is 11.8 Å². The minimum Gasteiger partial charge on any atom is -0.396 e. The monoisotopic (exact) mass is 358 g/mol. The van der Waals surface area contributed by atoms with E-state index in [1.807, 2.05) is 19.9 Å². The van der Waals surface area contributed by atoms with Crippen LogP contribution in [0.15, 0.2) is 6.07 Å². The summed E-state index contributed by atoms with van der Waals surface area (Å²) in [5, 5.41) is 19.5. The number of anilines is 1. The third kappa shape index (κ3) is 4.01. The zero-order valence-corrected chi connectivity index (χ0v) is 16.3. The van der Waals surface area contributed by atoms with Crippen molar-refractivity contribution in [3.05, 3.63) is 22.9 Å². The van der Waals surface area contributed by atoms with Gasteiger partial charge in [0.05, 0.1) is 17.8 Å². The molecular weight excluding hydrogens is 328 g/mol. The Morgan fingerprint density at radius 3 is 2.46 bits per heavy atom. The second-order valence-corrected chi connectivity index (χ2v) is 7.97. The molecule has 26 heavy (non-hydrogen) atoms. The van der Waals surface area contributed by atoms with Gasteiger partial charge in [0.2, 0.25) is 0 Å². The van der Waals surface area contributed by atoms with Crippen molar-refractivity contribution in [3.8, 4) is 6.07 Å². The number of aromatic nitrogens is 1. The number of hydrogen-bond donors (Lipinski definition) is 1. The van der Waals surface area contributed by atoms with E-state index >= 15 is 0 Å². The molecule has 1 aromatic heterocycles. The fourth-order valence-electron chi connectivity index (χ4n) is 4.47. The van der Waals surface area contributed by atoms with Crippen LogP contribution in [0, 0.1) is 37.0 Å². The predicted octanol–water partition coefficient (Wildman–Crippen LogP) is 1.72. The molecule has 3 rings (SSSR count). The first kappa shape index (κ1) is 19.1. The smallest absolute Gasteiger partial charge is 0.147 e. The predicted molar refractivity (Wildman–Crippen MR) is 101 cm³/mol. The molecule has 4 atom stereocenters. The average molecular weight is 358 g/mol. The van der Waals surface area contributed by atoms with Crippen LogP contribution in [0.25, 0.3) is 0 Å². The molecule has 0 bridgehead atoms. The molecule has 3 heterocycles. The van der Waals surface area contributed by atoms with E-state index in [1.54, 1.807) is 0 Å². The number of aryl methyl sites for hydroxylation is 2. The zero-order chi connectivity index (χ0) is 18.8. The maximum Gasteiger partial charge on any atom is 0.147 e. The van der Waals surface area contributed by atoms with Crippen molar-refractivity contribution >= 4 is 5.82 Å². The lowest BCUT2D eigenvalue weighted by atomic mass is 9.96. The Labute approximate surface area is 156 Å². The summed E-state index contributed by atoms with van der Waals surface area (Å²) >= 11 is 0. The molecule has 0 aromatic carbocycles. The first-order valence-electron chi connectivity index (χ1n) is 9.53. The maximum atomic E-state index is 9.91. The molecule has 0 unspecified atom stereocenters. The Bertz CT molecular complexity index is 677. The number of nitriles is 1. The number of rotatable bonds is 4. The first-order valence-corrected chi connectivity index (χ1v) is 9.53. The number of morpholine rings is 1. The summed E-state index contributed by atoms with van der Waals surface area (Å²) in [6.45, 7) is 12.7. The lowest BCUT2D eigenvalue weighted by Crippen LogP contribution is -2.48. The molecule has 142 valence electrons. The third-order valence-corrected chi connectivity index (χ3v) is 5.54. The summed E-state index contributed by atoms with van der Waals surface area (Å²) < 4.78 is 5.83. The van der Waals surface area contributed by atoms with Crippen molar-refractivity contribution in [1.82, 2.24) is 9.88 Å². The topological polar surface area (TPSA) is 72.6 Å². The Kier molecular flexibility index (Phi) is 5.81. The molecule has 1 aromatic rings. The van der Waals surface area contributed by atoms with Crippen LogP contribution < -0.4 is 4.90 Å². The van der Waals surface area contributed by atoms with Crippen molar-refractivity contribution in [2.45, 2.75) is 39.9 Å². The highest BCUT2D eigenvalue weighted by Crippen LogP contribution is 2.31. The summed E-state index contributed by atoms with van der Waals surface area (Å²) in [6, 6.07) is 4.27. The molecule has 2 fully saturated rings. The van der Waals surface area contributed by atoms with Crippen LogP contribution in [0.3, 0.4) is 0 Å². The summed E-state index contributed by atoms with van der Waals surface area (Å²) in [5.74, 6) is 1.35. The second kappa shape index (κ2) is 7.91.